The van der Waals surface area contributed by atoms with Crippen LogP contribution in [0.25, 0.3) is 0 Å². The monoisotopic (exact) mass is 201 g/mol. The van der Waals surface area contributed by atoms with Crippen LogP contribution in [0.4, 0.5) is 0 Å². The first-order valence-corrected chi connectivity index (χ1v) is 5.98. The third-order valence-corrected chi connectivity index (χ3v) is 3.03. The Morgan fingerprint density at radius 1 is 1.46 bits per heavy atom. The van der Waals surface area contributed by atoms with Crippen molar-refractivity contribution in [1.82, 2.24) is 5.32 Å². The molecule has 1 unspecified atom stereocenters. The third-order valence-electron chi connectivity index (χ3n) is 1.64. The van der Waals surface area contributed by atoms with E-state index in [1.807, 2.05) is 17.8 Å². The Balaban J connectivity index is 3.65. The van der Waals surface area contributed by atoms with Crippen LogP contribution in [0, 0.1) is 0 Å². The molecule has 2 heteroatoms. The molecule has 0 amide bonds. The van der Waals surface area contributed by atoms with E-state index in [4.69, 9.17) is 0 Å². The van der Waals surface area contributed by atoms with Crippen molar-refractivity contribution in [1.29, 1.82) is 0 Å². The lowest BCUT2D eigenvalue weighted by atomic mass is 10.3. The van der Waals surface area contributed by atoms with Crippen molar-refractivity contribution in [2.24, 2.45) is 0 Å². The molecule has 0 rings (SSSR count). The van der Waals surface area contributed by atoms with Crippen molar-refractivity contribution < 1.29 is 0 Å². The first-order chi connectivity index (χ1) is 5.99. The van der Waals surface area contributed by atoms with Crippen molar-refractivity contribution in [2.75, 3.05) is 12.3 Å². The molecule has 0 aromatic rings. The van der Waals surface area contributed by atoms with Crippen LogP contribution in [0.3, 0.4) is 0 Å². The summed E-state index contributed by atoms with van der Waals surface area (Å²) in [6, 6.07) is 0.462. The minimum atomic E-state index is 0.356. The molecule has 1 N–H and O–H groups in total. The van der Waals surface area contributed by atoms with Crippen LogP contribution in [-0.4, -0.2) is 23.1 Å². The predicted octanol–water partition coefficient (Wildman–Crippen LogP) is 3.07. The highest BCUT2D eigenvalue weighted by molar-refractivity contribution is 8.00. The minimum Gasteiger partial charge on any atom is -0.310 e. The molecule has 1 nitrogen and oxygen atoms in total. The van der Waals surface area contributed by atoms with Crippen LogP contribution in [-0.2, 0) is 0 Å². The molecule has 78 valence electrons. The van der Waals surface area contributed by atoms with Crippen LogP contribution in [0.5, 0.6) is 0 Å². The van der Waals surface area contributed by atoms with Gasteiger partial charge in [0.2, 0.25) is 0 Å². The molecule has 0 saturated heterocycles. The maximum atomic E-state index is 3.84. The molecule has 0 saturated carbocycles. The second kappa shape index (κ2) is 6.50. The highest BCUT2D eigenvalue weighted by Gasteiger charge is 2.12. The zero-order valence-electron chi connectivity index (χ0n) is 9.39. The van der Waals surface area contributed by atoms with Gasteiger partial charge in [-0.3, -0.25) is 0 Å². The summed E-state index contributed by atoms with van der Waals surface area (Å²) in [5.74, 6) is 1.12. The van der Waals surface area contributed by atoms with Gasteiger partial charge in [0, 0.05) is 16.5 Å². The maximum absolute atomic E-state index is 3.84. The Kier molecular flexibility index (Phi) is 6.52. The SMILES string of the molecule is C=CC(CSC(C)(C)C)NCCC. The lowest BCUT2D eigenvalue weighted by Crippen LogP contribution is -2.31. The molecule has 0 aliphatic heterocycles. The van der Waals surface area contributed by atoms with E-state index < -0.39 is 0 Å². The summed E-state index contributed by atoms with van der Waals surface area (Å²) in [5, 5.41) is 3.45. The quantitative estimate of drug-likeness (QED) is 0.663. The van der Waals surface area contributed by atoms with Crippen LogP contribution < -0.4 is 5.32 Å². The van der Waals surface area contributed by atoms with Crippen LogP contribution in [0.1, 0.15) is 34.1 Å². The normalized spacial score (nSPS) is 14.2. The zero-order chi connectivity index (χ0) is 10.3. The lowest BCUT2D eigenvalue weighted by molar-refractivity contribution is 0.628. The molecule has 0 aromatic heterocycles. The summed E-state index contributed by atoms with van der Waals surface area (Å²) in [7, 11) is 0. The predicted molar refractivity (Wildman–Crippen MR) is 64.5 cm³/mol. The van der Waals surface area contributed by atoms with Crippen molar-refractivity contribution in [3.63, 3.8) is 0 Å². The molecule has 0 heterocycles. The number of thioether (sulfide) groups is 1. The van der Waals surface area contributed by atoms with Gasteiger partial charge >= 0.3 is 0 Å². The van der Waals surface area contributed by atoms with Crippen LogP contribution in [0.2, 0.25) is 0 Å². The minimum absolute atomic E-state index is 0.356. The van der Waals surface area contributed by atoms with Crippen molar-refractivity contribution in [3.05, 3.63) is 12.7 Å². The van der Waals surface area contributed by atoms with E-state index in [0.29, 0.717) is 10.8 Å². The van der Waals surface area contributed by atoms with Gasteiger partial charge < -0.3 is 5.32 Å². The molecule has 0 bridgehead atoms. The van der Waals surface area contributed by atoms with Crippen molar-refractivity contribution >= 4 is 11.8 Å². The van der Waals surface area contributed by atoms with Gasteiger partial charge in [0.25, 0.3) is 0 Å². The van der Waals surface area contributed by atoms with E-state index in [-0.39, 0.29) is 0 Å². The molecule has 1 atom stereocenters. The van der Waals surface area contributed by atoms with Gasteiger partial charge in [-0.15, -0.1) is 6.58 Å². The summed E-state index contributed by atoms with van der Waals surface area (Å²) in [6.45, 7) is 13.9. The van der Waals surface area contributed by atoms with E-state index in [2.05, 4.69) is 39.6 Å². The highest BCUT2D eigenvalue weighted by atomic mass is 32.2. The molecule has 0 spiro atoms. The highest BCUT2D eigenvalue weighted by Crippen LogP contribution is 2.23. The smallest absolute Gasteiger partial charge is 0.0338 e. The largest absolute Gasteiger partial charge is 0.310 e. The number of rotatable bonds is 6. The average molecular weight is 201 g/mol. The number of hydrogen-bond donors (Lipinski definition) is 1. The molecule has 0 radical (unpaired) electrons. The number of nitrogens with one attached hydrogen (secondary N) is 1. The molecular weight excluding hydrogens is 178 g/mol. The van der Waals surface area contributed by atoms with E-state index in [1.54, 1.807) is 0 Å². The Labute approximate surface area is 87.4 Å². The first-order valence-electron chi connectivity index (χ1n) is 4.99. The Bertz CT molecular complexity index is 138. The van der Waals surface area contributed by atoms with Crippen molar-refractivity contribution in [3.8, 4) is 0 Å². The summed E-state index contributed by atoms with van der Waals surface area (Å²) in [6.07, 6.45) is 3.19. The molecule has 0 fully saturated rings. The number of hydrogen-bond acceptors (Lipinski definition) is 2. The fourth-order valence-corrected chi connectivity index (χ4v) is 1.81. The first kappa shape index (κ1) is 13.1. The van der Waals surface area contributed by atoms with Crippen LogP contribution >= 0.6 is 11.8 Å². The van der Waals surface area contributed by atoms with Gasteiger partial charge in [-0.25, -0.2) is 0 Å². The Morgan fingerprint density at radius 3 is 2.46 bits per heavy atom. The molecule has 0 aliphatic carbocycles. The van der Waals surface area contributed by atoms with Gasteiger partial charge in [0.05, 0.1) is 0 Å². The fraction of sp³-hybridized carbons (Fsp3) is 0.818. The van der Waals surface area contributed by atoms with Gasteiger partial charge in [0.1, 0.15) is 0 Å². The summed E-state index contributed by atoms with van der Waals surface area (Å²) >= 11 is 1.98. The van der Waals surface area contributed by atoms with E-state index in [0.717, 1.165) is 12.3 Å². The maximum Gasteiger partial charge on any atom is 0.0338 e. The Hall–Kier alpha value is 0.0500. The molecule has 0 aliphatic rings. The Morgan fingerprint density at radius 2 is 2.08 bits per heavy atom. The average Bonchev–Trinajstić information content (AvgIpc) is 2.03. The van der Waals surface area contributed by atoms with Gasteiger partial charge in [-0.05, 0) is 13.0 Å². The summed E-state index contributed by atoms with van der Waals surface area (Å²) in [4.78, 5) is 0. The second-order valence-electron chi connectivity index (χ2n) is 4.22. The standard InChI is InChI=1S/C11H23NS/c1-6-8-12-10(7-2)9-13-11(3,4)5/h7,10,12H,2,6,8-9H2,1,3-5H3. The lowest BCUT2D eigenvalue weighted by Gasteiger charge is -2.21. The molecule has 0 aromatic carbocycles. The molecule has 13 heavy (non-hydrogen) atoms. The van der Waals surface area contributed by atoms with E-state index >= 15 is 0 Å². The molecular formula is C11H23NS. The van der Waals surface area contributed by atoms with Crippen molar-refractivity contribution in [2.45, 2.75) is 44.9 Å². The second-order valence-corrected chi connectivity index (χ2v) is 6.07. The van der Waals surface area contributed by atoms with Gasteiger partial charge in [-0.1, -0.05) is 33.8 Å². The summed E-state index contributed by atoms with van der Waals surface area (Å²) in [5.41, 5.74) is 0. The zero-order valence-corrected chi connectivity index (χ0v) is 10.2. The van der Waals surface area contributed by atoms with Gasteiger partial charge in [-0.2, -0.15) is 11.8 Å². The van der Waals surface area contributed by atoms with Gasteiger partial charge in [0.15, 0.2) is 0 Å². The summed E-state index contributed by atoms with van der Waals surface area (Å²) < 4.78 is 0.356. The van der Waals surface area contributed by atoms with E-state index in [9.17, 15) is 0 Å². The van der Waals surface area contributed by atoms with Crippen LogP contribution in [0.15, 0.2) is 12.7 Å². The third kappa shape index (κ3) is 8.38. The topological polar surface area (TPSA) is 12.0 Å². The van der Waals surface area contributed by atoms with E-state index in [1.165, 1.54) is 6.42 Å². The fourth-order valence-electron chi connectivity index (χ4n) is 0.880.